The first-order valence-electron chi connectivity index (χ1n) is 5.85. The number of benzene rings is 1. The maximum atomic E-state index is 4.13. The molecule has 0 radical (unpaired) electrons. The highest BCUT2D eigenvalue weighted by Crippen LogP contribution is 2.36. The van der Waals surface area contributed by atoms with Crippen LogP contribution in [-0.4, -0.2) is 21.3 Å². The standard InChI is InChI=1S/C13H16N4/c1-13(2)7-15-12-4-3-10(5-11(12)13)6-17-9-14-8-16-17/h3-5,8-9,15H,6-7H2,1-2H3. The van der Waals surface area contributed by atoms with E-state index in [9.17, 15) is 0 Å². The number of nitrogens with one attached hydrogen (secondary N) is 1. The molecule has 4 nitrogen and oxygen atoms in total. The molecule has 1 aromatic carbocycles. The minimum atomic E-state index is 0.216. The molecular formula is C13H16N4. The zero-order chi connectivity index (χ0) is 11.9. The van der Waals surface area contributed by atoms with Crippen LogP contribution in [0.2, 0.25) is 0 Å². The van der Waals surface area contributed by atoms with E-state index >= 15 is 0 Å². The number of anilines is 1. The second-order valence-corrected chi connectivity index (χ2v) is 5.21. The highest BCUT2D eigenvalue weighted by molar-refractivity contribution is 5.60. The molecule has 1 N–H and O–H groups in total. The van der Waals surface area contributed by atoms with E-state index in [0.717, 1.165) is 13.1 Å². The van der Waals surface area contributed by atoms with Crippen LogP contribution in [0.5, 0.6) is 0 Å². The van der Waals surface area contributed by atoms with Crippen LogP contribution >= 0.6 is 0 Å². The predicted molar refractivity (Wildman–Crippen MR) is 67.1 cm³/mol. The lowest BCUT2D eigenvalue weighted by atomic mass is 9.86. The maximum absolute atomic E-state index is 4.13. The average Bonchev–Trinajstić information content (AvgIpc) is 2.89. The van der Waals surface area contributed by atoms with E-state index in [1.807, 2.05) is 4.68 Å². The molecule has 2 aromatic rings. The van der Waals surface area contributed by atoms with Gasteiger partial charge in [-0.15, -0.1) is 0 Å². The topological polar surface area (TPSA) is 42.7 Å². The molecule has 0 amide bonds. The lowest BCUT2D eigenvalue weighted by Crippen LogP contribution is -2.19. The third-order valence-corrected chi connectivity index (χ3v) is 3.35. The Hall–Kier alpha value is -1.84. The Kier molecular flexibility index (Phi) is 2.18. The molecule has 0 atom stereocenters. The van der Waals surface area contributed by atoms with E-state index in [4.69, 9.17) is 0 Å². The SMILES string of the molecule is CC1(C)CNc2ccc(Cn3cncn3)cc21. The number of fused-ring (bicyclic) bond motifs is 1. The molecule has 2 heterocycles. The van der Waals surface area contributed by atoms with Gasteiger partial charge in [0, 0.05) is 17.6 Å². The van der Waals surface area contributed by atoms with Gasteiger partial charge in [0.1, 0.15) is 12.7 Å². The molecule has 1 aromatic heterocycles. The molecule has 17 heavy (non-hydrogen) atoms. The first kappa shape index (κ1) is 10.3. The fourth-order valence-electron chi connectivity index (χ4n) is 2.32. The molecule has 0 bridgehead atoms. The van der Waals surface area contributed by atoms with Crippen molar-refractivity contribution < 1.29 is 0 Å². The Balaban J connectivity index is 1.93. The lowest BCUT2D eigenvalue weighted by molar-refractivity contribution is 0.584. The predicted octanol–water partition coefficient (Wildman–Crippen LogP) is 2.03. The fraction of sp³-hybridized carbons (Fsp3) is 0.385. The van der Waals surface area contributed by atoms with E-state index in [1.165, 1.54) is 16.8 Å². The van der Waals surface area contributed by atoms with Gasteiger partial charge in [-0.05, 0) is 17.2 Å². The number of nitrogens with zero attached hydrogens (tertiary/aromatic N) is 3. The van der Waals surface area contributed by atoms with Crippen LogP contribution < -0.4 is 5.32 Å². The monoisotopic (exact) mass is 228 g/mol. The van der Waals surface area contributed by atoms with Gasteiger partial charge >= 0.3 is 0 Å². The van der Waals surface area contributed by atoms with Crippen LogP contribution in [0.4, 0.5) is 5.69 Å². The Morgan fingerprint density at radius 3 is 3.06 bits per heavy atom. The van der Waals surface area contributed by atoms with Crippen molar-refractivity contribution in [2.24, 2.45) is 0 Å². The van der Waals surface area contributed by atoms with Crippen LogP contribution in [0.1, 0.15) is 25.0 Å². The molecule has 0 fully saturated rings. The zero-order valence-corrected chi connectivity index (χ0v) is 10.1. The first-order chi connectivity index (χ1) is 8.15. The molecular weight excluding hydrogens is 212 g/mol. The van der Waals surface area contributed by atoms with Crippen LogP contribution in [0, 0.1) is 0 Å². The Morgan fingerprint density at radius 2 is 2.29 bits per heavy atom. The van der Waals surface area contributed by atoms with Gasteiger partial charge in [-0.25, -0.2) is 9.67 Å². The molecule has 3 rings (SSSR count). The van der Waals surface area contributed by atoms with Crippen LogP contribution in [0.3, 0.4) is 0 Å². The zero-order valence-electron chi connectivity index (χ0n) is 10.1. The van der Waals surface area contributed by atoms with E-state index in [1.54, 1.807) is 12.7 Å². The Morgan fingerprint density at radius 1 is 1.41 bits per heavy atom. The molecule has 0 saturated heterocycles. The van der Waals surface area contributed by atoms with Gasteiger partial charge in [-0.1, -0.05) is 26.0 Å². The van der Waals surface area contributed by atoms with Crippen LogP contribution in [-0.2, 0) is 12.0 Å². The van der Waals surface area contributed by atoms with E-state index in [2.05, 4.69) is 47.4 Å². The summed E-state index contributed by atoms with van der Waals surface area (Å²) in [5.41, 5.74) is 4.15. The second-order valence-electron chi connectivity index (χ2n) is 5.21. The number of hydrogen-bond donors (Lipinski definition) is 1. The molecule has 0 unspecified atom stereocenters. The molecule has 4 heteroatoms. The van der Waals surface area contributed by atoms with Gasteiger partial charge in [0.05, 0.1) is 6.54 Å². The van der Waals surface area contributed by atoms with Crippen LogP contribution in [0.15, 0.2) is 30.9 Å². The average molecular weight is 228 g/mol. The van der Waals surface area contributed by atoms with E-state index < -0.39 is 0 Å². The third kappa shape index (κ3) is 1.79. The van der Waals surface area contributed by atoms with Gasteiger partial charge < -0.3 is 5.32 Å². The molecule has 1 aliphatic heterocycles. The summed E-state index contributed by atoms with van der Waals surface area (Å²) in [5.74, 6) is 0. The summed E-state index contributed by atoms with van der Waals surface area (Å²) in [6, 6.07) is 6.59. The molecule has 88 valence electrons. The highest BCUT2D eigenvalue weighted by atomic mass is 15.3. The van der Waals surface area contributed by atoms with Gasteiger partial charge in [0.25, 0.3) is 0 Å². The van der Waals surface area contributed by atoms with Gasteiger partial charge in [0.2, 0.25) is 0 Å². The van der Waals surface area contributed by atoms with Crippen molar-refractivity contribution in [1.82, 2.24) is 14.8 Å². The highest BCUT2D eigenvalue weighted by Gasteiger charge is 2.29. The number of hydrogen-bond acceptors (Lipinski definition) is 3. The van der Waals surface area contributed by atoms with E-state index in [-0.39, 0.29) is 5.41 Å². The van der Waals surface area contributed by atoms with Crippen molar-refractivity contribution in [3.8, 4) is 0 Å². The van der Waals surface area contributed by atoms with Crippen molar-refractivity contribution in [3.05, 3.63) is 42.0 Å². The van der Waals surface area contributed by atoms with Gasteiger partial charge in [-0.2, -0.15) is 5.10 Å². The van der Waals surface area contributed by atoms with Crippen molar-refractivity contribution >= 4 is 5.69 Å². The van der Waals surface area contributed by atoms with Crippen molar-refractivity contribution in [2.45, 2.75) is 25.8 Å². The number of rotatable bonds is 2. The van der Waals surface area contributed by atoms with Crippen molar-refractivity contribution in [2.75, 3.05) is 11.9 Å². The van der Waals surface area contributed by atoms with E-state index in [0.29, 0.717) is 0 Å². The summed E-state index contributed by atoms with van der Waals surface area (Å²) < 4.78 is 1.84. The Bertz CT molecular complexity index is 528. The van der Waals surface area contributed by atoms with Crippen molar-refractivity contribution in [3.63, 3.8) is 0 Å². The minimum absolute atomic E-state index is 0.216. The summed E-state index contributed by atoms with van der Waals surface area (Å²) in [6.45, 7) is 6.33. The molecule has 1 aliphatic rings. The molecule has 0 saturated carbocycles. The third-order valence-electron chi connectivity index (χ3n) is 3.35. The Labute approximate surface area is 101 Å². The summed E-state index contributed by atoms with van der Waals surface area (Å²) in [4.78, 5) is 3.96. The molecule has 0 aliphatic carbocycles. The lowest BCUT2D eigenvalue weighted by Gasteiger charge is -2.17. The normalized spacial score (nSPS) is 16.6. The van der Waals surface area contributed by atoms with Gasteiger partial charge in [0.15, 0.2) is 0 Å². The maximum Gasteiger partial charge on any atom is 0.137 e. The van der Waals surface area contributed by atoms with Crippen LogP contribution in [0.25, 0.3) is 0 Å². The number of aromatic nitrogens is 3. The largest absolute Gasteiger partial charge is 0.384 e. The smallest absolute Gasteiger partial charge is 0.137 e. The summed E-state index contributed by atoms with van der Waals surface area (Å²) >= 11 is 0. The first-order valence-corrected chi connectivity index (χ1v) is 5.85. The quantitative estimate of drug-likeness (QED) is 0.855. The summed E-state index contributed by atoms with van der Waals surface area (Å²) in [7, 11) is 0. The summed E-state index contributed by atoms with van der Waals surface area (Å²) in [6.07, 6.45) is 3.31. The fourth-order valence-corrected chi connectivity index (χ4v) is 2.32. The van der Waals surface area contributed by atoms with Gasteiger partial charge in [-0.3, -0.25) is 0 Å². The second kappa shape index (κ2) is 3.58. The molecule has 0 spiro atoms. The minimum Gasteiger partial charge on any atom is -0.384 e. The van der Waals surface area contributed by atoms with Crippen molar-refractivity contribution in [1.29, 1.82) is 0 Å². The summed E-state index contributed by atoms with van der Waals surface area (Å²) in [5, 5.41) is 7.57.